The fraction of sp³-hybridized carbons (Fsp3) is 0.684. The molecule has 1 saturated carbocycles. The molecule has 1 fully saturated rings. The molecular formula is C19H29NO. The highest BCUT2D eigenvalue weighted by Crippen LogP contribution is 2.51. The summed E-state index contributed by atoms with van der Waals surface area (Å²) in [7, 11) is 0. The van der Waals surface area contributed by atoms with Crippen molar-refractivity contribution in [3.8, 4) is 0 Å². The van der Waals surface area contributed by atoms with Crippen molar-refractivity contribution in [1.82, 2.24) is 0 Å². The van der Waals surface area contributed by atoms with Crippen LogP contribution in [0, 0.1) is 17.3 Å². The Hall–Kier alpha value is -0.860. The standard InChI is InChI=1S/C19H29NO/c1-14-9-15(2)11-19(21,10-14)18(13-20)8-7-16-5-3-4-6-17(16)12-18/h3-6,14-15,21H,7-13,20H2,1-2H3. The van der Waals surface area contributed by atoms with E-state index in [-0.39, 0.29) is 5.41 Å². The first-order valence-electron chi connectivity index (χ1n) is 8.47. The van der Waals surface area contributed by atoms with Crippen molar-refractivity contribution in [2.75, 3.05) is 6.54 Å². The molecule has 3 atom stereocenters. The van der Waals surface area contributed by atoms with Crippen molar-refractivity contribution in [2.24, 2.45) is 23.0 Å². The van der Waals surface area contributed by atoms with E-state index in [0.29, 0.717) is 18.4 Å². The lowest BCUT2D eigenvalue weighted by Crippen LogP contribution is -2.58. The van der Waals surface area contributed by atoms with Gasteiger partial charge in [0, 0.05) is 12.0 Å². The van der Waals surface area contributed by atoms with Crippen LogP contribution in [0.15, 0.2) is 24.3 Å². The Bertz CT molecular complexity index is 502. The largest absolute Gasteiger partial charge is 0.389 e. The van der Waals surface area contributed by atoms with Crippen LogP contribution in [0.5, 0.6) is 0 Å². The van der Waals surface area contributed by atoms with Crippen molar-refractivity contribution in [3.63, 3.8) is 0 Å². The van der Waals surface area contributed by atoms with E-state index in [1.807, 2.05) is 0 Å². The fourth-order valence-corrected chi connectivity index (χ4v) is 5.08. The van der Waals surface area contributed by atoms with Crippen LogP contribution in [0.2, 0.25) is 0 Å². The topological polar surface area (TPSA) is 46.2 Å². The third kappa shape index (κ3) is 2.53. The predicted molar refractivity (Wildman–Crippen MR) is 87.1 cm³/mol. The van der Waals surface area contributed by atoms with Gasteiger partial charge in [-0.3, -0.25) is 0 Å². The summed E-state index contributed by atoms with van der Waals surface area (Å²) in [6.07, 6.45) is 6.08. The van der Waals surface area contributed by atoms with Gasteiger partial charge in [0.25, 0.3) is 0 Å². The van der Waals surface area contributed by atoms with Crippen LogP contribution in [0.1, 0.15) is 50.7 Å². The molecule has 3 unspecified atom stereocenters. The van der Waals surface area contributed by atoms with Crippen molar-refractivity contribution < 1.29 is 5.11 Å². The number of nitrogens with two attached hydrogens (primary N) is 1. The molecule has 0 heterocycles. The minimum Gasteiger partial charge on any atom is -0.389 e. The second kappa shape index (κ2) is 5.40. The Labute approximate surface area is 128 Å². The average Bonchev–Trinajstić information content (AvgIpc) is 2.45. The minimum absolute atomic E-state index is 0.135. The van der Waals surface area contributed by atoms with Gasteiger partial charge in [0.2, 0.25) is 0 Å². The molecule has 1 aromatic rings. The summed E-state index contributed by atoms with van der Waals surface area (Å²) < 4.78 is 0. The Morgan fingerprint density at radius 3 is 2.38 bits per heavy atom. The summed E-state index contributed by atoms with van der Waals surface area (Å²) in [6, 6.07) is 8.68. The van der Waals surface area contributed by atoms with Crippen LogP contribution >= 0.6 is 0 Å². The Morgan fingerprint density at radius 1 is 1.14 bits per heavy atom. The summed E-state index contributed by atoms with van der Waals surface area (Å²) in [4.78, 5) is 0. The third-order valence-corrected chi connectivity index (χ3v) is 6.08. The Kier molecular flexibility index (Phi) is 3.87. The third-order valence-electron chi connectivity index (χ3n) is 6.08. The van der Waals surface area contributed by atoms with Gasteiger partial charge in [-0.1, -0.05) is 38.1 Å². The molecule has 0 bridgehead atoms. The molecule has 116 valence electrons. The van der Waals surface area contributed by atoms with E-state index in [0.717, 1.165) is 32.1 Å². The van der Waals surface area contributed by atoms with Crippen LogP contribution in [-0.4, -0.2) is 17.3 Å². The predicted octanol–water partition coefficient (Wildman–Crippen LogP) is 3.31. The number of hydrogen-bond donors (Lipinski definition) is 2. The van der Waals surface area contributed by atoms with E-state index >= 15 is 0 Å². The molecule has 0 radical (unpaired) electrons. The monoisotopic (exact) mass is 287 g/mol. The summed E-state index contributed by atoms with van der Waals surface area (Å²) in [6.45, 7) is 5.15. The van der Waals surface area contributed by atoms with Gasteiger partial charge < -0.3 is 10.8 Å². The fourth-order valence-electron chi connectivity index (χ4n) is 5.08. The average molecular weight is 287 g/mol. The van der Waals surface area contributed by atoms with Gasteiger partial charge in [0.15, 0.2) is 0 Å². The lowest BCUT2D eigenvalue weighted by atomic mass is 9.55. The maximum Gasteiger partial charge on any atom is 0.0724 e. The molecule has 0 aromatic heterocycles. The zero-order chi connectivity index (χ0) is 15.1. The van der Waals surface area contributed by atoms with E-state index in [2.05, 4.69) is 38.1 Å². The molecule has 0 spiro atoms. The van der Waals surface area contributed by atoms with Gasteiger partial charge in [-0.15, -0.1) is 0 Å². The lowest BCUT2D eigenvalue weighted by molar-refractivity contribution is -0.133. The molecule has 2 heteroatoms. The van der Waals surface area contributed by atoms with Gasteiger partial charge >= 0.3 is 0 Å². The highest BCUT2D eigenvalue weighted by molar-refractivity contribution is 5.32. The maximum atomic E-state index is 11.5. The van der Waals surface area contributed by atoms with Crippen LogP contribution in [0.3, 0.4) is 0 Å². The molecule has 0 amide bonds. The Balaban J connectivity index is 1.94. The molecule has 2 aliphatic rings. The summed E-state index contributed by atoms with van der Waals surface area (Å²) in [5, 5.41) is 11.5. The zero-order valence-corrected chi connectivity index (χ0v) is 13.4. The summed E-state index contributed by atoms with van der Waals surface area (Å²) >= 11 is 0. The molecule has 0 aliphatic heterocycles. The summed E-state index contributed by atoms with van der Waals surface area (Å²) in [5.41, 5.74) is 8.36. The normalized spacial score (nSPS) is 39.8. The van der Waals surface area contributed by atoms with Gasteiger partial charge in [0.1, 0.15) is 0 Å². The zero-order valence-electron chi connectivity index (χ0n) is 13.4. The van der Waals surface area contributed by atoms with E-state index < -0.39 is 5.60 Å². The second-order valence-corrected chi connectivity index (χ2v) is 7.82. The van der Waals surface area contributed by atoms with Crippen molar-refractivity contribution in [3.05, 3.63) is 35.4 Å². The van der Waals surface area contributed by atoms with Crippen molar-refractivity contribution in [2.45, 2.75) is 58.0 Å². The quantitative estimate of drug-likeness (QED) is 0.876. The lowest BCUT2D eigenvalue weighted by Gasteiger charge is -2.54. The smallest absolute Gasteiger partial charge is 0.0724 e. The van der Waals surface area contributed by atoms with Crippen molar-refractivity contribution >= 4 is 0 Å². The molecule has 21 heavy (non-hydrogen) atoms. The Morgan fingerprint density at radius 2 is 1.76 bits per heavy atom. The van der Waals surface area contributed by atoms with Crippen LogP contribution in [-0.2, 0) is 12.8 Å². The first-order valence-corrected chi connectivity index (χ1v) is 8.47. The van der Waals surface area contributed by atoms with Crippen molar-refractivity contribution in [1.29, 1.82) is 0 Å². The molecule has 2 aliphatic carbocycles. The molecule has 3 rings (SSSR count). The van der Waals surface area contributed by atoms with E-state index in [1.165, 1.54) is 17.5 Å². The number of hydrogen-bond acceptors (Lipinski definition) is 2. The van der Waals surface area contributed by atoms with E-state index in [9.17, 15) is 5.11 Å². The highest BCUT2D eigenvalue weighted by atomic mass is 16.3. The first-order chi connectivity index (χ1) is 9.98. The van der Waals surface area contributed by atoms with Crippen LogP contribution < -0.4 is 5.73 Å². The van der Waals surface area contributed by atoms with Gasteiger partial charge in [-0.2, -0.15) is 0 Å². The molecule has 2 nitrogen and oxygen atoms in total. The van der Waals surface area contributed by atoms with Gasteiger partial charge in [-0.25, -0.2) is 0 Å². The van der Waals surface area contributed by atoms with E-state index in [1.54, 1.807) is 0 Å². The van der Waals surface area contributed by atoms with E-state index in [4.69, 9.17) is 5.73 Å². The van der Waals surface area contributed by atoms with Gasteiger partial charge in [0.05, 0.1) is 5.60 Å². The molecule has 1 aromatic carbocycles. The second-order valence-electron chi connectivity index (χ2n) is 7.82. The molecule has 3 N–H and O–H groups in total. The SMILES string of the molecule is CC1CC(C)CC(O)(C2(CN)CCc3ccccc3C2)C1. The van der Waals surface area contributed by atoms with Crippen LogP contribution in [0.4, 0.5) is 0 Å². The molecular weight excluding hydrogens is 258 g/mol. The highest BCUT2D eigenvalue weighted by Gasteiger charge is 2.52. The van der Waals surface area contributed by atoms with Crippen LogP contribution in [0.25, 0.3) is 0 Å². The number of fused-ring (bicyclic) bond motifs is 1. The number of rotatable bonds is 2. The number of aliphatic hydroxyl groups is 1. The minimum atomic E-state index is -0.591. The molecule has 0 saturated heterocycles. The first kappa shape index (κ1) is 15.1. The number of aryl methyl sites for hydroxylation is 1. The number of benzene rings is 1. The van der Waals surface area contributed by atoms with Gasteiger partial charge in [-0.05, 0) is 61.5 Å². The maximum absolute atomic E-state index is 11.5. The summed E-state index contributed by atoms with van der Waals surface area (Å²) in [5.74, 6) is 1.19.